The van der Waals surface area contributed by atoms with Gasteiger partial charge in [-0.05, 0) is 30.3 Å². The molecule has 1 fully saturated rings. The molecule has 3 rings (SSSR count). The standard InChI is InChI=1S/C17H13ClFN3O4/c18-11-2-1-3-13(7-11)21-9-10(6-16(21)23)17(24)20-12-4-5-14(19)15(8-12)22(25)26/h1-5,7-8,10H,6,9H2,(H,20,24)/t10-/m1/s1. The number of carbonyl (C=O) groups excluding carboxylic acids is 2. The van der Waals surface area contributed by atoms with Gasteiger partial charge in [-0.3, -0.25) is 19.7 Å². The number of rotatable bonds is 4. The van der Waals surface area contributed by atoms with Gasteiger partial charge in [-0.25, -0.2) is 0 Å². The summed E-state index contributed by atoms with van der Waals surface area (Å²) in [5.74, 6) is -2.32. The second-order valence-electron chi connectivity index (χ2n) is 5.80. The van der Waals surface area contributed by atoms with E-state index in [1.54, 1.807) is 24.3 Å². The fraction of sp³-hybridized carbons (Fsp3) is 0.176. The van der Waals surface area contributed by atoms with E-state index in [2.05, 4.69) is 5.32 Å². The highest BCUT2D eigenvalue weighted by Gasteiger charge is 2.35. The minimum absolute atomic E-state index is 0.00162. The van der Waals surface area contributed by atoms with Crippen molar-refractivity contribution in [3.05, 3.63) is 63.4 Å². The van der Waals surface area contributed by atoms with Crippen LogP contribution >= 0.6 is 11.6 Å². The quantitative estimate of drug-likeness (QED) is 0.653. The number of nitro benzene ring substituents is 1. The molecule has 0 saturated carbocycles. The molecule has 0 unspecified atom stereocenters. The molecule has 134 valence electrons. The van der Waals surface area contributed by atoms with E-state index < -0.39 is 28.3 Å². The van der Waals surface area contributed by atoms with Gasteiger partial charge in [-0.1, -0.05) is 17.7 Å². The Morgan fingerprint density at radius 3 is 2.77 bits per heavy atom. The molecule has 1 saturated heterocycles. The van der Waals surface area contributed by atoms with E-state index in [-0.39, 0.29) is 24.6 Å². The van der Waals surface area contributed by atoms with Gasteiger partial charge in [0.2, 0.25) is 17.6 Å². The second-order valence-corrected chi connectivity index (χ2v) is 6.23. The predicted octanol–water partition coefficient (Wildman–Crippen LogP) is 3.38. The molecule has 0 spiro atoms. The van der Waals surface area contributed by atoms with Crippen molar-refractivity contribution in [2.75, 3.05) is 16.8 Å². The minimum atomic E-state index is -0.990. The lowest BCUT2D eigenvalue weighted by molar-refractivity contribution is -0.387. The lowest BCUT2D eigenvalue weighted by Gasteiger charge is -2.17. The fourth-order valence-electron chi connectivity index (χ4n) is 2.75. The van der Waals surface area contributed by atoms with Crippen molar-refractivity contribution in [1.82, 2.24) is 0 Å². The molecule has 2 aromatic rings. The number of halogens is 2. The molecule has 7 nitrogen and oxygen atoms in total. The number of amides is 2. The number of nitro groups is 1. The summed E-state index contributed by atoms with van der Waals surface area (Å²) < 4.78 is 13.4. The van der Waals surface area contributed by atoms with Gasteiger partial charge in [0.25, 0.3) is 0 Å². The number of nitrogens with one attached hydrogen (secondary N) is 1. The molecule has 1 N–H and O–H groups in total. The van der Waals surface area contributed by atoms with E-state index in [0.717, 1.165) is 12.1 Å². The van der Waals surface area contributed by atoms with Crippen LogP contribution in [0.3, 0.4) is 0 Å². The maximum Gasteiger partial charge on any atom is 0.306 e. The first kappa shape index (κ1) is 17.8. The van der Waals surface area contributed by atoms with Crippen LogP contribution in [0, 0.1) is 21.8 Å². The molecule has 2 amide bonds. The van der Waals surface area contributed by atoms with Gasteiger partial charge in [-0.15, -0.1) is 0 Å². The third-order valence-electron chi connectivity index (χ3n) is 4.03. The molecule has 1 aliphatic rings. The van der Waals surface area contributed by atoms with E-state index >= 15 is 0 Å². The first-order chi connectivity index (χ1) is 12.3. The molecule has 2 aromatic carbocycles. The molecule has 9 heteroatoms. The Kier molecular flexibility index (Phi) is 4.85. The number of benzene rings is 2. The highest BCUT2D eigenvalue weighted by Crippen LogP contribution is 2.28. The van der Waals surface area contributed by atoms with Gasteiger partial charge in [0.1, 0.15) is 0 Å². The minimum Gasteiger partial charge on any atom is -0.326 e. The third-order valence-corrected chi connectivity index (χ3v) is 4.26. The zero-order chi connectivity index (χ0) is 18.8. The van der Waals surface area contributed by atoms with Crippen molar-refractivity contribution in [3.63, 3.8) is 0 Å². The summed E-state index contributed by atoms with van der Waals surface area (Å²) in [6, 6.07) is 9.81. The molecule has 0 bridgehead atoms. The maximum absolute atomic E-state index is 13.4. The molecule has 0 aliphatic carbocycles. The molecule has 26 heavy (non-hydrogen) atoms. The van der Waals surface area contributed by atoms with E-state index in [4.69, 9.17) is 11.6 Å². The molecule has 1 aliphatic heterocycles. The summed E-state index contributed by atoms with van der Waals surface area (Å²) in [7, 11) is 0. The number of hydrogen-bond acceptors (Lipinski definition) is 4. The average Bonchev–Trinajstić information content (AvgIpc) is 2.98. The largest absolute Gasteiger partial charge is 0.326 e. The van der Waals surface area contributed by atoms with Crippen LogP contribution in [0.2, 0.25) is 5.02 Å². The van der Waals surface area contributed by atoms with Gasteiger partial charge in [0.05, 0.1) is 10.8 Å². The van der Waals surface area contributed by atoms with Crippen molar-refractivity contribution in [2.45, 2.75) is 6.42 Å². The average molecular weight is 378 g/mol. The Bertz CT molecular complexity index is 905. The Morgan fingerprint density at radius 1 is 1.31 bits per heavy atom. The molecule has 1 atom stereocenters. The summed E-state index contributed by atoms with van der Waals surface area (Å²) in [5.41, 5.74) is -0.0437. The van der Waals surface area contributed by atoms with Gasteiger partial charge < -0.3 is 10.2 Å². The highest BCUT2D eigenvalue weighted by molar-refractivity contribution is 6.31. The predicted molar refractivity (Wildman–Crippen MR) is 93.6 cm³/mol. The number of nitrogens with zero attached hydrogens (tertiary/aromatic N) is 2. The first-order valence-corrected chi connectivity index (χ1v) is 8.03. The van der Waals surface area contributed by atoms with Crippen molar-refractivity contribution < 1.29 is 18.9 Å². The molecular weight excluding hydrogens is 365 g/mol. The molecule has 0 aromatic heterocycles. The fourth-order valence-corrected chi connectivity index (χ4v) is 2.94. The van der Waals surface area contributed by atoms with Crippen LogP contribution < -0.4 is 10.2 Å². The zero-order valence-corrected chi connectivity index (χ0v) is 14.1. The number of carbonyl (C=O) groups is 2. The van der Waals surface area contributed by atoms with Gasteiger partial charge >= 0.3 is 5.69 Å². The normalized spacial score (nSPS) is 16.6. The Morgan fingerprint density at radius 2 is 2.08 bits per heavy atom. The first-order valence-electron chi connectivity index (χ1n) is 7.66. The van der Waals surface area contributed by atoms with Crippen LogP contribution in [-0.4, -0.2) is 23.3 Å². The maximum atomic E-state index is 13.4. The van der Waals surface area contributed by atoms with Gasteiger partial charge in [0, 0.05) is 35.4 Å². The number of anilines is 2. The lowest BCUT2D eigenvalue weighted by atomic mass is 10.1. The third kappa shape index (κ3) is 3.65. The van der Waals surface area contributed by atoms with Crippen LogP contribution in [0.1, 0.15) is 6.42 Å². The molecule has 0 radical (unpaired) electrons. The van der Waals surface area contributed by atoms with E-state index in [1.165, 1.54) is 11.0 Å². The van der Waals surface area contributed by atoms with Crippen molar-refractivity contribution in [1.29, 1.82) is 0 Å². The molecule has 1 heterocycles. The van der Waals surface area contributed by atoms with Gasteiger partial charge in [-0.2, -0.15) is 4.39 Å². The Labute approximate surface area is 152 Å². The van der Waals surface area contributed by atoms with E-state index in [0.29, 0.717) is 10.7 Å². The van der Waals surface area contributed by atoms with Crippen LogP contribution in [-0.2, 0) is 9.59 Å². The van der Waals surface area contributed by atoms with Crippen LogP contribution in [0.5, 0.6) is 0 Å². The van der Waals surface area contributed by atoms with E-state index in [9.17, 15) is 24.1 Å². The monoisotopic (exact) mass is 377 g/mol. The summed E-state index contributed by atoms with van der Waals surface area (Å²) in [5, 5.41) is 13.7. The lowest BCUT2D eigenvalue weighted by Crippen LogP contribution is -2.28. The van der Waals surface area contributed by atoms with Crippen molar-refractivity contribution in [2.24, 2.45) is 5.92 Å². The summed E-state index contributed by atoms with van der Waals surface area (Å²) in [6.07, 6.45) is 0.00162. The zero-order valence-electron chi connectivity index (χ0n) is 13.3. The van der Waals surface area contributed by atoms with Gasteiger partial charge in [0.15, 0.2) is 0 Å². The number of hydrogen-bond donors (Lipinski definition) is 1. The Hall–Kier alpha value is -3.00. The van der Waals surface area contributed by atoms with Crippen LogP contribution in [0.15, 0.2) is 42.5 Å². The smallest absolute Gasteiger partial charge is 0.306 e. The molecular formula is C17H13ClFN3O4. The van der Waals surface area contributed by atoms with Crippen molar-refractivity contribution in [3.8, 4) is 0 Å². The summed E-state index contributed by atoms with van der Waals surface area (Å²) >= 11 is 5.93. The highest BCUT2D eigenvalue weighted by atomic mass is 35.5. The second kappa shape index (κ2) is 7.09. The van der Waals surface area contributed by atoms with E-state index in [1.807, 2.05) is 0 Å². The van der Waals surface area contributed by atoms with Crippen molar-refractivity contribution >= 4 is 40.5 Å². The summed E-state index contributed by atoms with van der Waals surface area (Å²) in [4.78, 5) is 36.0. The SMILES string of the molecule is O=C(Nc1ccc(F)c([N+](=O)[O-])c1)[C@@H]1CC(=O)N(c2cccc(Cl)c2)C1. The topological polar surface area (TPSA) is 92.5 Å². The summed E-state index contributed by atoms with van der Waals surface area (Å²) in [6.45, 7) is 0.161. The Balaban J connectivity index is 1.72. The van der Waals surface area contributed by atoms with Crippen LogP contribution in [0.25, 0.3) is 0 Å². The van der Waals surface area contributed by atoms with Crippen LogP contribution in [0.4, 0.5) is 21.5 Å².